The molecule has 0 N–H and O–H groups in total. The predicted molar refractivity (Wildman–Crippen MR) is 123 cm³/mol. The van der Waals surface area contributed by atoms with Crippen LogP contribution in [0.3, 0.4) is 0 Å². The third kappa shape index (κ3) is 2.47. The van der Waals surface area contributed by atoms with E-state index < -0.39 is 0 Å². The first kappa shape index (κ1) is 16.6. The van der Waals surface area contributed by atoms with Gasteiger partial charge in [0.05, 0.1) is 0 Å². The van der Waals surface area contributed by atoms with Gasteiger partial charge >= 0.3 is 0 Å². The largest absolute Gasteiger partial charge is 0.341 e. The van der Waals surface area contributed by atoms with Gasteiger partial charge in [0, 0.05) is 28.4 Å². The summed E-state index contributed by atoms with van der Waals surface area (Å²) in [6.07, 6.45) is 2.03. The maximum absolute atomic E-state index is 2.44. The molecule has 4 aromatic carbocycles. The van der Waals surface area contributed by atoms with Gasteiger partial charge in [0.15, 0.2) is 0 Å². The van der Waals surface area contributed by atoms with Crippen molar-refractivity contribution in [2.24, 2.45) is 0 Å². The van der Waals surface area contributed by atoms with E-state index in [4.69, 9.17) is 0 Å². The first-order valence-corrected chi connectivity index (χ1v) is 10.5. The Labute approximate surface area is 171 Å². The molecule has 0 unspecified atom stereocenters. The Morgan fingerprint density at radius 2 is 1.52 bits per heavy atom. The summed E-state index contributed by atoms with van der Waals surface area (Å²) in [6.45, 7) is 3.22. The quantitative estimate of drug-likeness (QED) is 0.315. The van der Waals surface area contributed by atoms with Gasteiger partial charge in [-0.15, -0.1) is 0 Å². The van der Waals surface area contributed by atoms with Crippen molar-refractivity contribution in [1.29, 1.82) is 0 Å². The smallest absolute Gasteiger partial charge is 0.0494 e. The van der Waals surface area contributed by atoms with Crippen molar-refractivity contribution >= 4 is 21.8 Å². The molecule has 1 nitrogen and oxygen atoms in total. The average molecular weight is 373 g/mol. The second kappa shape index (κ2) is 6.35. The summed E-state index contributed by atoms with van der Waals surface area (Å²) < 4.78 is 2.44. The minimum Gasteiger partial charge on any atom is -0.341 e. The molecular formula is C28H23N. The fraction of sp³-hybridized carbons (Fsp3) is 0.143. The van der Waals surface area contributed by atoms with Gasteiger partial charge in [0.1, 0.15) is 0 Å². The third-order valence-electron chi connectivity index (χ3n) is 6.45. The van der Waals surface area contributed by atoms with Crippen LogP contribution in [-0.2, 0) is 19.4 Å². The van der Waals surface area contributed by atoms with Crippen LogP contribution in [0.2, 0.25) is 0 Å². The van der Waals surface area contributed by atoms with Gasteiger partial charge in [-0.2, -0.15) is 0 Å². The summed E-state index contributed by atoms with van der Waals surface area (Å²) in [5.41, 5.74) is 11.3. The molecule has 140 valence electrons. The number of benzene rings is 4. The second-order valence-corrected chi connectivity index (χ2v) is 8.07. The summed E-state index contributed by atoms with van der Waals surface area (Å²) >= 11 is 0. The number of aromatic nitrogens is 1. The third-order valence-corrected chi connectivity index (χ3v) is 6.45. The minimum absolute atomic E-state index is 0.971. The normalized spacial score (nSPS) is 12.4. The number of hydrogen-bond acceptors (Lipinski definition) is 0. The lowest BCUT2D eigenvalue weighted by Gasteiger charge is -2.11. The van der Waals surface area contributed by atoms with Crippen LogP contribution in [0.4, 0.5) is 0 Å². The SMILES string of the molecule is CCn1c2ccccc2c2ccc(Cc3cccc4c3-c3ccccc3C4)cc21. The van der Waals surface area contributed by atoms with Crippen LogP contribution in [0, 0.1) is 0 Å². The maximum Gasteiger partial charge on any atom is 0.0494 e. The Bertz CT molecular complexity index is 1390. The predicted octanol–water partition coefficient (Wildman–Crippen LogP) is 6.98. The lowest BCUT2D eigenvalue weighted by atomic mass is 9.94. The zero-order valence-corrected chi connectivity index (χ0v) is 16.7. The topological polar surface area (TPSA) is 4.93 Å². The number of fused-ring (bicyclic) bond motifs is 6. The molecule has 0 spiro atoms. The summed E-state index contributed by atoms with van der Waals surface area (Å²) in [5.74, 6) is 0. The highest BCUT2D eigenvalue weighted by molar-refractivity contribution is 6.08. The molecule has 0 aliphatic heterocycles. The Hall–Kier alpha value is -3.32. The number of para-hydroxylation sites is 1. The van der Waals surface area contributed by atoms with Crippen LogP contribution in [-0.4, -0.2) is 4.57 Å². The van der Waals surface area contributed by atoms with Crippen LogP contribution >= 0.6 is 0 Å². The second-order valence-electron chi connectivity index (χ2n) is 8.07. The molecule has 0 saturated heterocycles. The van der Waals surface area contributed by atoms with E-state index in [1.165, 1.54) is 55.2 Å². The van der Waals surface area contributed by atoms with E-state index in [9.17, 15) is 0 Å². The van der Waals surface area contributed by atoms with E-state index in [2.05, 4.69) is 96.4 Å². The highest BCUT2D eigenvalue weighted by atomic mass is 15.0. The summed E-state index contributed by atoms with van der Waals surface area (Å²) in [7, 11) is 0. The van der Waals surface area contributed by atoms with Gasteiger partial charge in [-0.3, -0.25) is 0 Å². The monoisotopic (exact) mass is 373 g/mol. The number of rotatable bonds is 3. The molecule has 0 radical (unpaired) electrons. The molecule has 1 aromatic heterocycles. The van der Waals surface area contributed by atoms with Crippen LogP contribution in [0.1, 0.15) is 29.2 Å². The first-order valence-electron chi connectivity index (χ1n) is 10.5. The van der Waals surface area contributed by atoms with Crippen molar-refractivity contribution in [3.05, 3.63) is 107 Å². The van der Waals surface area contributed by atoms with Crippen molar-refractivity contribution in [3.8, 4) is 11.1 Å². The van der Waals surface area contributed by atoms with Gasteiger partial charge in [0.2, 0.25) is 0 Å². The minimum atomic E-state index is 0.971. The van der Waals surface area contributed by atoms with Gasteiger partial charge in [0.25, 0.3) is 0 Å². The Morgan fingerprint density at radius 3 is 2.45 bits per heavy atom. The zero-order chi connectivity index (χ0) is 19.4. The zero-order valence-electron chi connectivity index (χ0n) is 16.7. The number of aryl methyl sites for hydroxylation is 1. The highest BCUT2D eigenvalue weighted by Gasteiger charge is 2.20. The summed E-state index contributed by atoms with van der Waals surface area (Å²) in [5, 5.41) is 2.71. The Morgan fingerprint density at radius 1 is 0.724 bits per heavy atom. The molecule has 0 saturated carbocycles. The molecule has 5 aromatic rings. The molecule has 1 aliphatic carbocycles. The fourth-order valence-electron chi connectivity index (χ4n) is 5.18. The van der Waals surface area contributed by atoms with E-state index in [1.54, 1.807) is 0 Å². The van der Waals surface area contributed by atoms with Gasteiger partial charge in [-0.05, 0) is 65.3 Å². The Balaban J connectivity index is 1.49. The van der Waals surface area contributed by atoms with E-state index in [0.717, 1.165) is 19.4 Å². The van der Waals surface area contributed by atoms with Crippen LogP contribution in [0.15, 0.2) is 84.9 Å². The van der Waals surface area contributed by atoms with E-state index in [1.807, 2.05) is 0 Å². The molecular weight excluding hydrogens is 350 g/mol. The van der Waals surface area contributed by atoms with Crippen molar-refractivity contribution in [2.45, 2.75) is 26.3 Å². The van der Waals surface area contributed by atoms with Gasteiger partial charge < -0.3 is 4.57 Å². The summed E-state index contributed by atoms with van der Waals surface area (Å²) in [4.78, 5) is 0. The van der Waals surface area contributed by atoms with E-state index >= 15 is 0 Å². The van der Waals surface area contributed by atoms with Crippen LogP contribution < -0.4 is 0 Å². The van der Waals surface area contributed by atoms with Gasteiger partial charge in [-0.1, -0.05) is 72.8 Å². The molecule has 0 fully saturated rings. The molecule has 0 atom stereocenters. The lowest BCUT2D eigenvalue weighted by Crippen LogP contribution is -1.96. The van der Waals surface area contributed by atoms with Crippen molar-refractivity contribution < 1.29 is 0 Å². The van der Waals surface area contributed by atoms with Crippen LogP contribution in [0.25, 0.3) is 32.9 Å². The molecule has 29 heavy (non-hydrogen) atoms. The standard InChI is InChI=1S/C28H23N/c1-2-29-26-13-6-5-12-24(26)25-15-14-19(17-27(25)29)16-21-9-7-10-22-18-20-8-3-4-11-23(20)28(21)22/h3-15,17H,2,16,18H2,1H3. The average Bonchev–Trinajstić information content (AvgIpc) is 3.29. The van der Waals surface area contributed by atoms with Gasteiger partial charge in [-0.25, -0.2) is 0 Å². The Kier molecular flexibility index (Phi) is 3.64. The van der Waals surface area contributed by atoms with Crippen molar-refractivity contribution in [1.82, 2.24) is 4.57 Å². The molecule has 6 rings (SSSR count). The number of nitrogens with zero attached hydrogens (tertiary/aromatic N) is 1. The molecule has 0 amide bonds. The number of hydrogen-bond donors (Lipinski definition) is 0. The lowest BCUT2D eigenvalue weighted by molar-refractivity contribution is 0.826. The van der Waals surface area contributed by atoms with Crippen molar-refractivity contribution in [2.75, 3.05) is 0 Å². The van der Waals surface area contributed by atoms with Crippen LogP contribution in [0.5, 0.6) is 0 Å². The van der Waals surface area contributed by atoms with E-state index in [-0.39, 0.29) is 0 Å². The fourth-order valence-corrected chi connectivity index (χ4v) is 5.18. The van der Waals surface area contributed by atoms with E-state index in [0.29, 0.717) is 0 Å². The molecule has 1 heteroatoms. The van der Waals surface area contributed by atoms with Crippen molar-refractivity contribution in [3.63, 3.8) is 0 Å². The molecule has 1 heterocycles. The molecule has 0 bridgehead atoms. The first-order chi connectivity index (χ1) is 14.3. The molecule has 1 aliphatic rings. The maximum atomic E-state index is 2.44. The summed E-state index contributed by atoms with van der Waals surface area (Å²) in [6, 6.07) is 31.5. The highest BCUT2D eigenvalue weighted by Crippen LogP contribution is 2.40.